The second-order valence-electron chi connectivity index (χ2n) is 4.57. The van der Waals surface area contributed by atoms with Crippen LogP contribution in [0.5, 0.6) is 0 Å². The summed E-state index contributed by atoms with van der Waals surface area (Å²) in [6, 6.07) is 8.17. The van der Waals surface area contributed by atoms with E-state index in [1.807, 2.05) is 18.2 Å². The average molecular weight is 263 g/mol. The molecule has 0 radical (unpaired) electrons. The first-order valence-electron chi connectivity index (χ1n) is 6.69. The van der Waals surface area contributed by atoms with Crippen molar-refractivity contribution in [3.8, 4) is 0 Å². The Labute approximate surface area is 113 Å². The number of nitrogens with two attached hydrogens (primary N) is 1. The molecule has 98 valence electrons. The van der Waals surface area contributed by atoms with Crippen molar-refractivity contribution in [3.05, 3.63) is 24.3 Å². The smallest absolute Gasteiger partial charge is 0.200 e. The van der Waals surface area contributed by atoms with Crippen LogP contribution in [0.1, 0.15) is 39.0 Å². The van der Waals surface area contributed by atoms with Gasteiger partial charge in [-0.3, -0.25) is 5.01 Å². The van der Waals surface area contributed by atoms with Gasteiger partial charge in [0.25, 0.3) is 0 Å². The first-order valence-corrected chi connectivity index (χ1v) is 7.50. The van der Waals surface area contributed by atoms with Gasteiger partial charge < -0.3 is 0 Å². The lowest BCUT2D eigenvalue weighted by molar-refractivity contribution is 0.622. The Bertz CT molecular complexity index is 448. The molecule has 2 N–H and O–H groups in total. The molecule has 1 aromatic heterocycles. The molecule has 0 amide bonds. The topological polar surface area (TPSA) is 42.1 Å². The van der Waals surface area contributed by atoms with Crippen LogP contribution in [0.2, 0.25) is 0 Å². The summed E-state index contributed by atoms with van der Waals surface area (Å²) in [5.41, 5.74) is 1.04. The van der Waals surface area contributed by atoms with Crippen LogP contribution < -0.4 is 10.9 Å². The average Bonchev–Trinajstić information content (AvgIpc) is 2.82. The minimum atomic E-state index is 0.892. The minimum Gasteiger partial charge on any atom is -0.286 e. The highest BCUT2D eigenvalue weighted by Gasteiger charge is 2.07. The zero-order valence-corrected chi connectivity index (χ0v) is 11.7. The molecule has 0 atom stereocenters. The molecule has 0 saturated heterocycles. The first kappa shape index (κ1) is 13.3. The van der Waals surface area contributed by atoms with Gasteiger partial charge in [-0.1, -0.05) is 56.1 Å². The number of hydrogen-bond acceptors (Lipinski definition) is 4. The van der Waals surface area contributed by atoms with Gasteiger partial charge in [0, 0.05) is 6.54 Å². The summed E-state index contributed by atoms with van der Waals surface area (Å²) in [6.07, 6.45) is 6.32. The van der Waals surface area contributed by atoms with Crippen molar-refractivity contribution < 1.29 is 0 Å². The monoisotopic (exact) mass is 263 g/mol. The zero-order valence-electron chi connectivity index (χ0n) is 10.9. The van der Waals surface area contributed by atoms with Gasteiger partial charge in [-0.15, -0.1) is 0 Å². The molecular formula is C14H21N3S. The summed E-state index contributed by atoms with van der Waals surface area (Å²) in [7, 11) is 0. The molecule has 3 nitrogen and oxygen atoms in total. The Kier molecular flexibility index (Phi) is 4.96. The molecule has 2 aromatic rings. The number of anilines is 1. The molecule has 0 saturated carbocycles. The van der Waals surface area contributed by atoms with Gasteiger partial charge in [-0.2, -0.15) is 0 Å². The number of rotatable bonds is 7. The molecule has 0 aliphatic heterocycles. The Hall–Kier alpha value is -1.13. The fraction of sp³-hybridized carbons (Fsp3) is 0.500. The van der Waals surface area contributed by atoms with Crippen molar-refractivity contribution in [1.82, 2.24) is 4.98 Å². The molecule has 2 rings (SSSR count). The Morgan fingerprint density at radius 2 is 1.94 bits per heavy atom. The molecule has 1 heterocycles. The normalized spacial score (nSPS) is 11.0. The van der Waals surface area contributed by atoms with Crippen LogP contribution in [0.3, 0.4) is 0 Å². The van der Waals surface area contributed by atoms with Crippen molar-refractivity contribution in [2.24, 2.45) is 5.84 Å². The maximum Gasteiger partial charge on any atom is 0.200 e. The van der Waals surface area contributed by atoms with Gasteiger partial charge in [0.2, 0.25) is 5.13 Å². The largest absolute Gasteiger partial charge is 0.286 e. The van der Waals surface area contributed by atoms with E-state index >= 15 is 0 Å². The highest BCUT2D eigenvalue weighted by atomic mass is 32.1. The van der Waals surface area contributed by atoms with Crippen LogP contribution in [0.15, 0.2) is 24.3 Å². The molecule has 0 fully saturated rings. The van der Waals surface area contributed by atoms with E-state index in [4.69, 9.17) is 5.84 Å². The SMILES string of the molecule is CCCCCCCN(N)c1nc2ccccc2s1. The third-order valence-electron chi connectivity index (χ3n) is 3.03. The lowest BCUT2D eigenvalue weighted by Crippen LogP contribution is -2.31. The summed E-state index contributed by atoms with van der Waals surface area (Å²) in [5, 5.41) is 2.71. The third-order valence-corrected chi connectivity index (χ3v) is 4.10. The molecule has 1 aromatic carbocycles. The lowest BCUT2D eigenvalue weighted by Gasteiger charge is -2.14. The lowest BCUT2D eigenvalue weighted by atomic mass is 10.1. The summed E-state index contributed by atoms with van der Waals surface area (Å²) in [6.45, 7) is 3.12. The van der Waals surface area contributed by atoms with E-state index in [1.165, 1.54) is 30.4 Å². The van der Waals surface area contributed by atoms with Crippen molar-refractivity contribution in [3.63, 3.8) is 0 Å². The van der Waals surface area contributed by atoms with Gasteiger partial charge >= 0.3 is 0 Å². The van der Waals surface area contributed by atoms with E-state index in [1.54, 1.807) is 16.3 Å². The highest BCUT2D eigenvalue weighted by molar-refractivity contribution is 7.22. The number of hydrogen-bond donors (Lipinski definition) is 1. The van der Waals surface area contributed by atoms with E-state index in [2.05, 4.69) is 18.0 Å². The summed E-state index contributed by atoms with van der Waals surface area (Å²) in [5.74, 6) is 6.05. The summed E-state index contributed by atoms with van der Waals surface area (Å²) < 4.78 is 1.20. The Balaban J connectivity index is 1.86. The number of thiazole rings is 1. The van der Waals surface area contributed by atoms with Crippen LogP contribution in [0, 0.1) is 0 Å². The standard InChI is InChI=1S/C14H21N3S/c1-2-3-4-5-8-11-17(15)14-16-12-9-6-7-10-13(12)18-14/h6-7,9-10H,2-5,8,11,15H2,1H3. The van der Waals surface area contributed by atoms with E-state index in [9.17, 15) is 0 Å². The number of benzene rings is 1. The zero-order chi connectivity index (χ0) is 12.8. The fourth-order valence-electron chi connectivity index (χ4n) is 1.96. The van der Waals surface area contributed by atoms with Crippen LogP contribution in [-0.4, -0.2) is 11.5 Å². The number of nitrogens with zero attached hydrogens (tertiary/aromatic N) is 2. The number of fused-ring (bicyclic) bond motifs is 1. The molecule has 0 unspecified atom stereocenters. The van der Waals surface area contributed by atoms with Crippen molar-refractivity contribution >= 4 is 26.7 Å². The number of unbranched alkanes of at least 4 members (excludes halogenated alkanes) is 4. The van der Waals surface area contributed by atoms with Crippen LogP contribution >= 0.6 is 11.3 Å². The number of para-hydroxylation sites is 1. The quantitative estimate of drug-likeness (QED) is 0.467. The molecule has 0 bridgehead atoms. The van der Waals surface area contributed by atoms with Crippen molar-refractivity contribution in [1.29, 1.82) is 0 Å². The number of hydrazine groups is 1. The molecule has 4 heteroatoms. The Morgan fingerprint density at radius 1 is 1.17 bits per heavy atom. The summed E-state index contributed by atoms with van der Waals surface area (Å²) in [4.78, 5) is 4.55. The van der Waals surface area contributed by atoms with Crippen molar-refractivity contribution in [2.45, 2.75) is 39.0 Å². The molecule has 0 aliphatic rings. The minimum absolute atomic E-state index is 0.892. The van der Waals surface area contributed by atoms with Crippen LogP contribution in [0.25, 0.3) is 10.2 Å². The highest BCUT2D eigenvalue weighted by Crippen LogP contribution is 2.27. The second kappa shape index (κ2) is 6.71. The summed E-state index contributed by atoms with van der Waals surface area (Å²) >= 11 is 1.66. The van der Waals surface area contributed by atoms with E-state index in [0.717, 1.165) is 23.6 Å². The molecule has 18 heavy (non-hydrogen) atoms. The van der Waals surface area contributed by atoms with E-state index in [-0.39, 0.29) is 0 Å². The predicted molar refractivity (Wildman–Crippen MR) is 79.9 cm³/mol. The second-order valence-corrected chi connectivity index (χ2v) is 5.58. The van der Waals surface area contributed by atoms with Crippen LogP contribution in [0.4, 0.5) is 5.13 Å². The first-order chi connectivity index (χ1) is 8.81. The molecular weight excluding hydrogens is 242 g/mol. The van der Waals surface area contributed by atoms with Crippen molar-refractivity contribution in [2.75, 3.05) is 11.6 Å². The van der Waals surface area contributed by atoms with E-state index < -0.39 is 0 Å². The van der Waals surface area contributed by atoms with Gasteiger partial charge in [0.15, 0.2) is 0 Å². The maximum absolute atomic E-state index is 6.05. The van der Waals surface area contributed by atoms with E-state index in [0.29, 0.717) is 0 Å². The van der Waals surface area contributed by atoms with Gasteiger partial charge in [0.05, 0.1) is 10.2 Å². The molecule has 0 spiro atoms. The molecule has 0 aliphatic carbocycles. The third kappa shape index (κ3) is 3.43. The van der Waals surface area contributed by atoms with Gasteiger partial charge in [-0.05, 0) is 18.6 Å². The maximum atomic E-state index is 6.05. The predicted octanol–water partition coefficient (Wildman–Crippen LogP) is 3.95. The fourth-order valence-corrected chi connectivity index (χ4v) is 2.88. The van der Waals surface area contributed by atoms with Gasteiger partial charge in [0.1, 0.15) is 0 Å². The van der Waals surface area contributed by atoms with Gasteiger partial charge in [-0.25, -0.2) is 10.8 Å². The van der Waals surface area contributed by atoms with Crippen LogP contribution in [-0.2, 0) is 0 Å². The number of aromatic nitrogens is 1. The Morgan fingerprint density at radius 3 is 2.72 bits per heavy atom.